The van der Waals surface area contributed by atoms with Gasteiger partial charge in [-0.25, -0.2) is 0 Å². The van der Waals surface area contributed by atoms with Crippen LogP contribution in [0.3, 0.4) is 0 Å². The molecule has 3 nitrogen and oxygen atoms in total. The molecule has 0 fully saturated rings. The summed E-state index contributed by atoms with van der Waals surface area (Å²) >= 11 is 0. The first-order chi connectivity index (χ1) is 10.9. The van der Waals surface area contributed by atoms with Gasteiger partial charge in [0.15, 0.2) is 0 Å². The third-order valence-electron chi connectivity index (χ3n) is 5.61. The zero-order chi connectivity index (χ0) is 16.8. The lowest BCUT2D eigenvalue weighted by Crippen LogP contribution is -2.50. The van der Waals surface area contributed by atoms with Crippen molar-refractivity contribution >= 4 is 11.5 Å². The molecule has 2 atom stereocenters. The van der Waals surface area contributed by atoms with Crippen molar-refractivity contribution in [2.45, 2.75) is 39.2 Å². The van der Waals surface area contributed by atoms with E-state index in [-0.39, 0.29) is 17.2 Å². The number of nitrogens with zero attached hydrogens (tertiary/aromatic N) is 2. The quantitative estimate of drug-likeness (QED) is 0.856. The van der Waals surface area contributed by atoms with Crippen LogP contribution in [0.5, 0.6) is 0 Å². The fraction of sp³-hybridized carbons (Fsp3) is 0.550. The van der Waals surface area contributed by atoms with E-state index in [2.05, 4.69) is 70.0 Å². The fourth-order valence-corrected chi connectivity index (χ4v) is 4.55. The Morgan fingerprint density at radius 1 is 1.26 bits per heavy atom. The Bertz CT molecular complexity index is 643. The summed E-state index contributed by atoms with van der Waals surface area (Å²) in [7, 11) is 2.16. The van der Waals surface area contributed by atoms with Crippen LogP contribution in [-0.2, 0) is 10.2 Å². The summed E-state index contributed by atoms with van der Waals surface area (Å²) in [6, 6.07) is 9.04. The summed E-state index contributed by atoms with van der Waals surface area (Å²) < 4.78 is 0. The highest BCUT2D eigenvalue weighted by molar-refractivity contribution is 5.88. The topological polar surface area (TPSA) is 23.6 Å². The molecule has 0 spiro atoms. The Labute approximate surface area is 140 Å². The average molecular weight is 312 g/mol. The Morgan fingerprint density at radius 2 is 1.91 bits per heavy atom. The molecule has 3 rings (SSSR count). The van der Waals surface area contributed by atoms with Crippen LogP contribution in [0.25, 0.3) is 5.57 Å². The molecule has 0 aromatic heterocycles. The molecule has 0 saturated carbocycles. The van der Waals surface area contributed by atoms with E-state index in [9.17, 15) is 4.79 Å². The van der Waals surface area contributed by atoms with Crippen LogP contribution in [0.1, 0.15) is 38.8 Å². The smallest absolute Gasteiger partial charge is 0.230 e. The Kier molecular flexibility index (Phi) is 4.09. The number of carbonyl (C=O) groups excluding carboxylic acids is 1. The molecule has 124 valence electrons. The highest BCUT2D eigenvalue weighted by Gasteiger charge is 2.47. The van der Waals surface area contributed by atoms with Crippen LogP contribution in [-0.4, -0.2) is 48.4 Å². The van der Waals surface area contributed by atoms with Crippen molar-refractivity contribution in [2.24, 2.45) is 5.92 Å². The molecule has 0 saturated heterocycles. The Hall–Kier alpha value is -1.61. The first-order valence-corrected chi connectivity index (χ1v) is 8.72. The van der Waals surface area contributed by atoms with E-state index in [4.69, 9.17) is 0 Å². The zero-order valence-corrected chi connectivity index (χ0v) is 15.0. The van der Waals surface area contributed by atoms with Crippen LogP contribution in [0.4, 0.5) is 0 Å². The second-order valence-corrected chi connectivity index (χ2v) is 7.35. The molecular weight excluding hydrogens is 284 g/mol. The van der Waals surface area contributed by atoms with E-state index in [1.807, 2.05) is 4.90 Å². The number of likely N-dealkylation sites (N-methyl/N-ethyl adjacent to an activating group) is 1. The maximum absolute atomic E-state index is 12.8. The van der Waals surface area contributed by atoms with Crippen LogP contribution in [0, 0.1) is 5.92 Å². The van der Waals surface area contributed by atoms with Gasteiger partial charge in [0.2, 0.25) is 5.91 Å². The van der Waals surface area contributed by atoms with Gasteiger partial charge in [-0.05, 0) is 37.6 Å². The number of benzene rings is 1. The number of amides is 1. The summed E-state index contributed by atoms with van der Waals surface area (Å²) in [4.78, 5) is 17.1. The van der Waals surface area contributed by atoms with Crippen molar-refractivity contribution in [3.8, 4) is 0 Å². The number of fused-ring (bicyclic) bond motifs is 3. The van der Waals surface area contributed by atoms with E-state index >= 15 is 0 Å². The molecule has 1 aliphatic heterocycles. The minimum atomic E-state index is -0.0342. The number of hydrogen-bond acceptors (Lipinski definition) is 2. The third kappa shape index (κ3) is 2.42. The number of rotatable bonds is 3. The lowest BCUT2D eigenvalue weighted by Gasteiger charge is -2.41. The van der Waals surface area contributed by atoms with Crippen molar-refractivity contribution < 1.29 is 4.79 Å². The SMILES string of the molecule is CCN(CC)C(=O)[C@@H]1C=C2c3ccccc3C(C)(C)[C@H]2N(C)C1. The molecule has 0 unspecified atom stereocenters. The van der Waals surface area contributed by atoms with Crippen molar-refractivity contribution in [2.75, 3.05) is 26.7 Å². The predicted molar refractivity (Wildman–Crippen MR) is 95.3 cm³/mol. The normalized spacial score (nSPS) is 25.5. The van der Waals surface area contributed by atoms with E-state index in [0.29, 0.717) is 6.04 Å². The van der Waals surface area contributed by atoms with Crippen molar-refractivity contribution in [1.29, 1.82) is 0 Å². The maximum Gasteiger partial charge on any atom is 0.230 e. The Morgan fingerprint density at radius 3 is 2.57 bits per heavy atom. The van der Waals surface area contributed by atoms with Gasteiger partial charge in [0.05, 0.1) is 5.92 Å². The van der Waals surface area contributed by atoms with Gasteiger partial charge in [-0.3, -0.25) is 9.69 Å². The molecule has 1 heterocycles. The first-order valence-electron chi connectivity index (χ1n) is 8.72. The van der Waals surface area contributed by atoms with Crippen molar-refractivity contribution in [3.05, 3.63) is 41.5 Å². The highest BCUT2D eigenvalue weighted by Crippen LogP contribution is 2.49. The number of carbonyl (C=O) groups is 1. The third-order valence-corrected chi connectivity index (χ3v) is 5.61. The van der Waals surface area contributed by atoms with Gasteiger partial charge in [-0.2, -0.15) is 0 Å². The van der Waals surface area contributed by atoms with Crippen LogP contribution >= 0.6 is 0 Å². The van der Waals surface area contributed by atoms with Gasteiger partial charge in [0, 0.05) is 31.1 Å². The van der Waals surface area contributed by atoms with Gasteiger partial charge < -0.3 is 4.90 Å². The second-order valence-electron chi connectivity index (χ2n) is 7.35. The summed E-state index contributed by atoms with van der Waals surface area (Å²) in [5, 5.41) is 0. The molecule has 0 N–H and O–H groups in total. The molecule has 3 heteroatoms. The molecule has 2 aliphatic rings. The standard InChI is InChI=1S/C20H28N2O/c1-6-22(7-2)19(23)14-12-16-15-10-8-9-11-17(15)20(3,4)18(16)21(5)13-14/h8-12,14,18H,6-7,13H2,1-5H3/t14-,18+/m1/s1. The molecule has 0 radical (unpaired) electrons. The minimum absolute atomic E-state index is 0.0342. The largest absolute Gasteiger partial charge is 0.343 e. The fourth-order valence-electron chi connectivity index (χ4n) is 4.55. The lowest BCUT2D eigenvalue weighted by molar-refractivity contribution is -0.134. The van der Waals surface area contributed by atoms with Crippen LogP contribution < -0.4 is 0 Å². The summed E-state index contributed by atoms with van der Waals surface area (Å²) in [5.74, 6) is 0.225. The molecule has 1 amide bonds. The molecule has 1 aromatic rings. The van der Waals surface area contributed by atoms with Gasteiger partial charge in [0.25, 0.3) is 0 Å². The van der Waals surface area contributed by atoms with E-state index in [0.717, 1.165) is 19.6 Å². The monoisotopic (exact) mass is 312 g/mol. The summed E-state index contributed by atoms with van der Waals surface area (Å²) in [6.07, 6.45) is 2.25. The van der Waals surface area contributed by atoms with Crippen LogP contribution in [0.15, 0.2) is 30.3 Å². The number of hydrogen-bond donors (Lipinski definition) is 0. The second kappa shape index (κ2) is 5.79. The van der Waals surface area contributed by atoms with Gasteiger partial charge >= 0.3 is 0 Å². The van der Waals surface area contributed by atoms with Crippen molar-refractivity contribution in [1.82, 2.24) is 9.80 Å². The average Bonchev–Trinajstić information content (AvgIpc) is 2.77. The van der Waals surface area contributed by atoms with Gasteiger partial charge in [-0.15, -0.1) is 0 Å². The Balaban J connectivity index is 2.04. The van der Waals surface area contributed by atoms with Crippen LogP contribution in [0.2, 0.25) is 0 Å². The molecular formula is C20H28N2O. The summed E-state index contributed by atoms with van der Waals surface area (Å²) in [5.41, 5.74) is 4.15. The zero-order valence-electron chi connectivity index (χ0n) is 15.0. The minimum Gasteiger partial charge on any atom is -0.343 e. The van der Waals surface area contributed by atoms with E-state index in [1.165, 1.54) is 16.7 Å². The van der Waals surface area contributed by atoms with Gasteiger partial charge in [0.1, 0.15) is 0 Å². The maximum atomic E-state index is 12.8. The van der Waals surface area contributed by atoms with Gasteiger partial charge in [-0.1, -0.05) is 44.2 Å². The predicted octanol–water partition coefficient (Wildman–Crippen LogP) is 3.16. The first kappa shape index (κ1) is 16.3. The summed E-state index contributed by atoms with van der Waals surface area (Å²) in [6.45, 7) is 11.1. The molecule has 1 aliphatic carbocycles. The van der Waals surface area contributed by atoms with E-state index < -0.39 is 0 Å². The molecule has 23 heavy (non-hydrogen) atoms. The highest BCUT2D eigenvalue weighted by atomic mass is 16.2. The lowest BCUT2D eigenvalue weighted by atomic mass is 9.79. The molecule has 0 bridgehead atoms. The molecule has 1 aromatic carbocycles. The van der Waals surface area contributed by atoms with E-state index in [1.54, 1.807) is 0 Å². The van der Waals surface area contributed by atoms with Crippen molar-refractivity contribution in [3.63, 3.8) is 0 Å².